The molecule has 18 heavy (non-hydrogen) atoms. The van der Waals surface area contributed by atoms with Crippen molar-refractivity contribution in [3.63, 3.8) is 0 Å². The minimum absolute atomic E-state index is 0.185. The smallest absolute Gasteiger partial charge is 0.123 e. The van der Waals surface area contributed by atoms with Gasteiger partial charge < -0.3 is 10.6 Å². The summed E-state index contributed by atoms with van der Waals surface area (Å²) in [5.41, 5.74) is 7.46. The van der Waals surface area contributed by atoms with E-state index in [0.717, 1.165) is 37.3 Å². The van der Waals surface area contributed by atoms with Gasteiger partial charge in [0.05, 0.1) is 0 Å². The number of nitrogens with two attached hydrogens (primary N) is 1. The average Bonchev–Trinajstić information content (AvgIpc) is 2.33. The summed E-state index contributed by atoms with van der Waals surface area (Å²) in [5, 5.41) is 0. The molecule has 1 atom stereocenters. The molecule has 1 aromatic rings. The molecule has 0 bridgehead atoms. The van der Waals surface area contributed by atoms with Crippen LogP contribution in [0, 0.1) is 5.82 Å². The molecule has 1 aliphatic rings. The first-order valence-electron chi connectivity index (χ1n) is 6.49. The van der Waals surface area contributed by atoms with E-state index in [2.05, 4.69) is 23.8 Å². The first-order chi connectivity index (χ1) is 8.58. The van der Waals surface area contributed by atoms with Gasteiger partial charge in [-0.25, -0.2) is 4.39 Å². The van der Waals surface area contributed by atoms with Crippen LogP contribution in [0.5, 0.6) is 0 Å². The van der Waals surface area contributed by atoms with Crippen molar-refractivity contribution in [1.82, 2.24) is 9.80 Å². The third kappa shape index (κ3) is 3.28. The van der Waals surface area contributed by atoms with Gasteiger partial charge in [0.1, 0.15) is 5.82 Å². The minimum atomic E-state index is -0.185. The predicted molar refractivity (Wildman–Crippen MR) is 71.7 cm³/mol. The molecular weight excluding hydrogens is 229 g/mol. The lowest BCUT2D eigenvalue weighted by Crippen LogP contribution is -2.49. The van der Waals surface area contributed by atoms with Crippen molar-refractivity contribution in [3.05, 3.63) is 35.1 Å². The van der Waals surface area contributed by atoms with Crippen molar-refractivity contribution in [2.75, 3.05) is 26.7 Å². The number of likely N-dealkylation sites (N-methyl/N-ethyl adjacent to an activating group) is 1. The molecule has 0 radical (unpaired) electrons. The van der Waals surface area contributed by atoms with Crippen LogP contribution in [0.15, 0.2) is 18.2 Å². The quantitative estimate of drug-likeness (QED) is 0.882. The third-order valence-corrected chi connectivity index (χ3v) is 3.70. The Morgan fingerprint density at radius 1 is 1.28 bits per heavy atom. The SMILES string of the molecule is CC1CN(Cc2cc(F)cc(CN)c2)CCN1C. The Hall–Kier alpha value is -0.970. The van der Waals surface area contributed by atoms with Gasteiger partial charge in [-0.05, 0) is 37.2 Å². The zero-order valence-electron chi connectivity index (χ0n) is 11.2. The second-order valence-electron chi connectivity index (χ2n) is 5.24. The van der Waals surface area contributed by atoms with E-state index in [-0.39, 0.29) is 5.82 Å². The number of rotatable bonds is 3. The summed E-state index contributed by atoms with van der Waals surface area (Å²) in [6.45, 7) is 6.57. The highest BCUT2D eigenvalue weighted by Gasteiger charge is 2.20. The van der Waals surface area contributed by atoms with Crippen molar-refractivity contribution < 1.29 is 4.39 Å². The van der Waals surface area contributed by atoms with E-state index < -0.39 is 0 Å². The Labute approximate surface area is 108 Å². The second-order valence-corrected chi connectivity index (χ2v) is 5.24. The zero-order chi connectivity index (χ0) is 13.1. The van der Waals surface area contributed by atoms with Crippen LogP contribution in [0.3, 0.4) is 0 Å². The van der Waals surface area contributed by atoms with Crippen LogP contribution in [-0.4, -0.2) is 42.5 Å². The van der Waals surface area contributed by atoms with Crippen molar-refractivity contribution in [1.29, 1.82) is 0 Å². The van der Waals surface area contributed by atoms with E-state index in [9.17, 15) is 4.39 Å². The van der Waals surface area contributed by atoms with E-state index in [1.807, 2.05) is 6.07 Å². The zero-order valence-corrected chi connectivity index (χ0v) is 11.2. The van der Waals surface area contributed by atoms with Gasteiger partial charge in [-0.3, -0.25) is 4.90 Å². The highest BCUT2D eigenvalue weighted by molar-refractivity contribution is 5.24. The van der Waals surface area contributed by atoms with Gasteiger partial charge in [-0.15, -0.1) is 0 Å². The van der Waals surface area contributed by atoms with Crippen LogP contribution in [0.1, 0.15) is 18.1 Å². The van der Waals surface area contributed by atoms with Crippen molar-refractivity contribution >= 4 is 0 Å². The molecule has 0 aromatic heterocycles. The standard InChI is InChI=1S/C14H22FN3/c1-11-9-18(4-3-17(11)2)10-13-5-12(8-16)6-14(15)7-13/h5-7,11H,3-4,8-10,16H2,1-2H3. The lowest BCUT2D eigenvalue weighted by Gasteiger charge is -2.37. The highest BCUT2D eigenvalue weighted by atomic mass is 19.1. The first-order valence-corrected chi connectivity index (χ1v) is 6.49. The Morgan fingerprint density at radius 3 is 2.67 bits per heavy atom. The van der Waals surface area contributed by atoms with E-state index in [4.69, 9.17) is 5.73 Å². The fourth-order valence-corrected chi connectivity index (χ4v) is 2.45. The molecule has 1 saturated heterocycles. The molecule has 0 aliphatic carbocycles. The molecule has 1 aromatic carbocycles. The minimum Gasteiger partial charge on any atom is -0.326 e. The van der Waals surface area contributed by atoms with Gasteiger partial charge in [0, 0.05) is 38.8 Å². The summed E-state index contributed by atoms with van der Waals surface area (Å²) in [5.74, 6) is -0.185. The molecule has 3 nitrogen and oxygen atoms in total. The fourth-order valence-electron chi connectivity index (χ4n) is 2.45. The number of benzene rings is 1. The predicted octanol–water partition coefficient (Wildman–Crippen LogP) is 1.42. The fraction of sp³-hybridized carbons (Fsp3) is 0.571. The van der Waals surface area contributed by atoms with Gasteiger partial charge in [0.15, 0.2) is 0 Å². The van der Waals surface area contributed by atoms with Crippen LogP contribution in [0.2, 0.25) is 0 Å². The first kappa shape index (κ1) is 13.5. The summed E-state index contributed by atoms with van der Waals surface area (Å²) in [6, 6.07) is 5.69. The van der Waals surface area contributed by atoms with Crippen LogP contribution in [0.25, 0.3) is 0 Å². The molecule has 1 heterocycles. The molecule has 2 N–H and O–H groups in total. The van der Waals surface area contributed by atoms with Gasteiger partial charge in [0.25, 0.3) is 0 Å². The van der Waals surface area contributed by atoms with Gasteiger partial charge in [-0.1, -0.05) is 6.07 Å². The summed E-state index contributed by atoms with van der Waals surface area (Å²) in [6.07, 6.45) is 0. The van der Waals surface area contributed by atoms with Crippen molar-refractivity contribution in [3.8, 4) is 0 Å². The number of hydrogen-bond acceptors (Lipinski definition) is 3. The molecule has 4 heteroatoms. The summed E-state index contributed by atoms with van der Waals surface area (Å²) < 4.78 is 13.4. The lowest BCUT2D eigenvalue weighted by atomic mass is 10.1. The Bertz CT molecular complexity index is 408. The van der Waals surface area contributed by atoms with Crippen molar-refractivity contribution in [2.24, 2.45) is 5.73 Å². The molecule has 2 rings (SSSR count). The van der Waals surface area contributed by atoms with E-state index in [1.165, 1.54) is 6.07 Å². The molecule has 1 unspecified atom stereocenters. The molecule has 0 spiro atoms. The maximum Gasteiger partial charge on any atom is 0.123 e. The molecule has 1 fully saturated rings. The highest BCUT2D eigenvalue weighted by Crippen LogP contribution is 2.14. The summed E-state index contributed by atoms with van der Waals surface area (Å²) >= 11 is 0. The summed E-state index contributed by atoms with van der Waals surface area (Å²) in [4.78, 5) is 4.73. The Kier molecular flexibility index (Phi) is 4.32. The second kappa shape index (κ2) is 5.78. The lowest BCUT2D eigenvalue weighted by molar-refractivity contribution is 0.0999. The van der Waals surface area contributed by atoms with Crippen molar-refractivity contribution in [2.45, 2.75) is 26.1 Å². The average molecular weight is 251 g/mol. The van der Waals surface area contributed by atoms with Crippen LogP contribution in [0.4, 0.5) is 4.39 Å². The maximum atomic E-state index is 13.4. The third-order valence-electron chi connectivity index (χ3n) is 3.70. The number of nitrogens with zero attached hydrogens (tertiary/aromatic N) is 2. The largest absolute Gasteiger partial charge is 0.326 e. The van der Waals surface area contributed by atoms with Crippen LogP contribution >= 0.6 is 0 Å². The number of halogens is 1. The van der Waals surface area contributed by atoms with E-state index >= 15 is 0 Å². The molecule has 0 amide bonds. The number of piperazine rings is 1. The topological polar surface area (TPSA) is 32.5 Å². The Balaban J connectivity index is 2.03. The molecular formula is C14H22FN3. The van der Waals surface area contributed by atoms with Gasteiger partial charge in [0.2, 0.25) is 0 Å². The Morgan fingerprint density at radius 2 is 2.00 bits per heavy atom. The van der Waals surface area contributed by atoms with Crippen LogP contribution in [-0.2, 0) is 13.1 Å². The monoisotopic (exact) mass is 251 g/mol. The summed E-state index contributed by atoms with van der Waals surface area (Å²) in [7, 11) is 2.15. The molecule has 0 saturated carbocycles. The molecule has 1 aliphatic heterocycles. The maximum absolute atomic E-state index is 13.4. The van der Waals surface area contributed by atoms with Crippen LogP contribution < -0.4 is 5.73 Å². The molecule has 100 valence electrons. The number of hydrogen-bond donors (Lipinski definition) is 1. The van der Waals surface area contributed by atoms with E-state index in [1.54, 1.807) is 6.07 Å². The van der Waals surface area contributed by atoms with Gasteiger partial charge in [-0.2, -0.15) is 0 Å². The van der Waals surface area contributed by atoms with E-state index in [0.29, 0.717) is 12.6 Å². The van der Waals surface area contributed by atoms with Gasteiger partial charge >= 0.3 is 0 Å². The normalized spacial score (nSPS) is 22.3.